The molecule has 1 aromatic heterocycles. The number of fused-ring (bicyclic) bond motifs is 1. The lowest BCUT2D eigenvalue weighted by Crippen LogP contribution is -2.47. The largest absolute Gasteiger partial charge is 0.493 e. The SMILES string of the molecule is C=CCN(CC(=O)N1CCc2sccc2C1COc1ccccc1OC)CC(O)CC. The van der Waals surface area contributed by atoms with Gasteiger partial charge in [0.15, 0.2) is 11.5 Å². The zero-order valence-corrected chi connectivity index (χ0v) is 19.1. The average molecular weight is 445 g/mol. The van der Waals surface area contributed by atoms with Crippen LogP contribution in [0, 0.1) is 0 Å². The minimum absolute atomic E-state index is 0.0376. The molecule has 7 heteroatoms. The number of aliphatic hydroxyl groups is 1. The van der Waals surface area contributed by atoms with E-state index in [1.165, 1.54) is 4.88 Å². The maximum atomic E-state index is 13.3. The van der Waals surface area contributed by atoms with E-state index >= 15 is 0 Å². The number of thiophene rings is 1. The Morgan fingerprint density at radius 2 is 2.16 bits per heavy atom. The molecule has 1 aliphatic heterocycles. The number of ether oxygens (including phenoxy) is 2. The summed E-state index contributed by atoms with van der Waals surface area (Å²) in [5.41, 5.74) is 1.16. The van der Waals surface area contributed by atoms with Crippen LogP contribution in [-0.4, -0.2) is 66.8 Å². The first-order chi connectivity index (χ1) is 15.1. The second-order valence-electron chi connectivity index (χ2n) is 7.66. The molecule has 3 rings (SSSR count). The van der Waals surface area contributed by atoms with E-state index in [9.17, 15) is 9.90 Å². The Kier molecular flexibility index (Phi) is 8.51. The number of hydrogen-bond donors (Lipinski definition) is 1. The molecule has 1 aliphatic rings. The third-order valence-corrected chi connectivity index (χ3v) is 6.56. The van der Waals surface area contributed by atoms with Gasteiger partial charge in [0.2, 0.25) is 5.91 Å². The summed E-state index contributed by atoms with van der Waals surface area (Å²) >= 11 is 1.73. The van der Waals surface area contributed by atoms with Crippen molar-refractivity contribution in [3.05, 3.63) is 58.8 Å². The number of rotatable bonds is 11. The van der Waals surface area contributed by atoms with E-state index in [-0.39, 0.29) is 18.5 Å². The lowest BCUT2D eigenvalue weighted by Gasteiger charge is -2.37. The van der Waals surface area contributed by atoms with E-state index in [0.717, 1.165) is 12.0 Å². The Labute approximate surface area is 188 Å². The van der Waals surface area contributed by atoms with Crippen LogP contribution in [0.25, 0.3) is 0 Å². The molecule has 2 atom stereocenters. The fraction of sp³-hybridized carbons (Fsp3) is 0.458. The normalized spacial score (nSPS) is 16.6. The van der Waals surface area contributed by atoms with E-state index in [0.29, 0.717) is 44.2 Å². The van der Waals surface area contributed by atoms with E-state index in [2.05, 4.69) is 18.0 Å². The van der Waals surface area contributed by atoms with Gasteiger partial charge < -0.3 is 19.5 Å². The predicted octanol–water partition coefficient (Wildman–Crippen LogP) is 3.52. The smallest absolute Gasteiger partial charge is 0.237 e. The van der Waals surface area contributed by atoms with Crippen LogP contribution >= 0.6 is 11.3 Å². The summed E-state index contributed by atoms with van der Waals surface area (Å²) in [6.45, 7) is 8.00. The third kappa shape index (κ3) is 5.87. The second-order valence-corrected chi connectivity index (χ2v) is 8.66. The number of methoxy groups -OCH3 is 1. The Morgan fingerprint density at radius 3 is 2.87 bits per heavy atom. The van der Waals surface area contributed by atoms with Crippen LogP contribution in [-0.2, 0) is 11.2 Å². The predicted molar refractivity (Wildman–Crippen MR) is 124 cm³/mol. The maximum absolute atomic E-state index is 13.3. The molecule has 31 heavy (non-hydrogen) atoms. The van der Waals surface area contributed by atoms with Crippen molar-refractivity contribution in [2.75, 3.05) is 39.9 Å². The Balaban J connectivity index is 1.75. The van der Waals surface area contributed by atoms with Crippen LogP contribution in [0.2, 0.25) is 0 Å². The van der Waals surface area contributed by atoms with Crippen molar-refractivity contribution in [1.29, 1.82) is 0 Å². The number of carbonyl (C=O) groups excluding carboxylic acids is 1. The number of para-hydroxylation sites is 2. The minimum Gasteiger partial charge on any atom is -0.493 e. The highest BCUT2D eigenvalue weighted by atomic mass is 32.1. The zero-order chi connectivity index (χ0) is 22.2. The molecule has 0 bridgehead atoms. The van der Waals surface area contributed by atoms with E-state index < -0.39 is 6.10 Å². The van der Waals surface area contributed by atoms with Gasteiger partial charge in [-0.15, -0.1) is 17.9 Å². The van der Waals surface area contributed by atoms with E-state index in [4.69, 9.17) is 9.47 Å². The molecular weight excluding hydrogens is 412 g/mol. The standard InChI is InChI=1S/C24H32N2O4S/c1-4-12-25(15-18(27)5-2)16-24(28)26-13-10-23-19(11-14-31-23)20(26)17-30-22-9-7-6-8-21(22)29-3/h4,6-9,11,14,18,20,27H,1,5,10,12-13,15-17H2,2-3H3. The van der Waals surface area contributed by atoms with Gasteiger partial charge >= 0.3 is 0 Å². The van der Waals surface area contributed by atoms with Gasteiger partial charge in [0.1, 0.15) is 6.61 Å². The molecule has 168 valence electrons. The molecular formula is C24H32N2O4S. The average Bonchev–Trinajstić information content (AvgIpc) is 3.26. The quantitative estimate of drug-likeness (QED) is 0.538. The fourth-order valence-corrected chi connectivity index (χ4v) is 4.81. The molecule has 0 radical (unpaired) electrons. The molecule has 1 N–H and O–H groups in total. The lowest BCUT2D eigenvalue weighted by atomic mass is 10.0. The van der Waals surface area contributed by atoms with Crippen LogP contribution in [0.4, 0.5) is 0 Å². The summed E-state index contributed by atoms with van der Waals surface area (Å²) in [4.78, 5) is 18.5. The highest BCUT2D eigenvalue weighted by Gasteiger charge is 2.33. The van der Waals surface area contributed by atoms with Gasteiger partial charge in [-0.25, -0.2) is 0 Å². The molecule has 1 aromatic carbocycles. The number of benzene rings is 1. The Bertz CT molecular complexity index is 869. The highest BCUT2D eigenvalue weighted by molar-refractivity contribution is 7.10. The number of hydrogen-bond acceptors (Lipinski definition) is 6. The maximum Gasteiger partial charge on any atom is 0.237 e. The molecule has 1 amide bonds. The Morgan fingerprint density at radius 1 is 1.39 bits per heavy atom. The summed E-state index contributed by atoms with van der Waals surface area (Å²) in [6, 6.07) is 9.48. The van der Waals surface area contributed by atoms with Crippen molar-refractivity contribution >= 4 is 17.2 Å². The summed E-state index contributed by atoms with van der Waals surface area (Å²) in [6.07, 6.45) is 2.81. The van der Waals surface area contributed by atoms with Gasteiger partial charge in [-0.2, -0.15) is 0 Å². The van der Waals surface area contributed by atoms with Crippen molar-refractivity contribution in [3.8, 4) is 11.5 Å². The van der Waals surface area contributed by atoms with Crippen molar-refractivity contribution in [1.82, 2.24) is 9.80 Å². The minimum atomic E-state index is -0.456. The third-order valence-electron chi connectivity index (χ3n) is 5.57. The summed E-state index contributed by atoms with van der Waals surface area (Å²) in [5.74, 6) is 1.38. The van der Waals surface area contributed by atoms with Gasteiger partial charge in [-0.05, 0) is 42.0 Å². The highest BCUT2D eigenvalue weighted by Crippen LogP contribution is 2.35. The van der Waals surface area contributed by atoms with Crippen molar-refractivity contribution < 1.29 is 19.4 Å². The fourth-order valence-electron chi connectivity index (χ4n) is 3.88. The van der Waals surface area contributed by atoms with Crippen molar-refractivity contribution in [3.63, 3.8) is 0 Å². The van der Waals surface area contributed by atoms with Crippen LogP contribution in [0.5, 0.6) is 11.5 Å². The van der Waals surface area contributed by atoms with Crippen LogP contribution in [0.15, 0.2) is 48.4 Å². The van der Waals surface area contributed by atoms with Gasteiger partial charge in [-0.3, -0.25) is 9.69 Å². The van der Waals surface area contributed by atoms with Crippen LogP contribution in [0.3, 0.4) is 0 Å². The zero-order valence-electron chi connectivity index (χ0n) is 18.3. The number of amides is 1. The van der Waals surface area contributed by atoms with Crippen LogP contribution in [0.1, 0.15) is 29.8 Å². The van der Waals surface area contributed by atoms with Crippen molar-refractivity contribution in [2.24, 2.45) is 0 Å². The van der Waals surface area contributed by atoms with Gasteiger partial charge in [0.25, 0.3) is 0 Å². The van der Waals surface area contributed by atoms with Crippen LogP contribution < -0.4 is 9.47 Å². The molecule has 2 aromatic rings. The Hall–Kier alpha value is -2.35. The molecule has 0 saturated carbocycles. The molecule has 2 heterocycles. The second kappa shape index (κ2) is 11.3. The van der Waals surface area contributed by atoms with Gasteiger partial charge in [-0.1, -0.05) is 25.1 Å². The molecule has 6 nitrogen and oxygen atoms in total. The van der Waals surface area contributed by atoms with E-state index in [1.54, 1.807) is 24.5 Å². The molecule has 0 aliphatic carbocycles. The van der Waals surface area contributed by atoms with Gasteiger partial charge in [0, 0.05) is 24.5 Å². The number of aliphatic hydroxyl groups excluding tert-OH is 1. The first-order valence-corrected chi connectivity index (χ1v) is 11.6. The first-order valence-electron chi connectivity index (χ1n) is 10.7. The number of nitrogens with zero attached hydrogens (tertiary/aromatic N) is 2. The molecule has 0 fully saturated rings. The molecule has 2 unspecified atom stereocenters. The number of carbonyl (C=O) groups is 1. The van der Waals surface area contributed by atoms with Gasteiger partial charge in [0.05, 0.1) is 25.8 Å². The monoisotopic (exact) mass is 444 g/mol. The molecule has 0 saturated heterocycles. The van der Waals surface area contributed by atoms with Crippen molar-refractivity contribution in [2.45, 2.75) is 31.9 Å². The first kappa shape index (κ1) is 23.3. The summed E-state index contributed by atoms with van der Waals surface area (Å²) in [5, 5.41) is 12.1. The van der Waals surface area contributed by atoms with E-state index in [1.807, 2.05) is 41.0 Å². The summed E-state index contributed by atoms with van der Waals surface area (Å²) in [7, 11) is 1.62. The summed E-state index contributed by atoms with van der Waals surface area (Å²) < 4.78 is 11.5. The lowest BCUT2D eigenvalue weighted by molar-refractivity contribution is -0.136. The topological polar surface area (TPSA) is 62.2 Å². The molecule has 0 spiro atoms.